The predicted molar refractivity (Wildman–Crippen MR) is 86.4 cm³/mol. The largest absolute Gasteiger partial charge is 0.358 e. The third kappa shape index (κ3) is 3.22. The molecule has 7 nitrogen and oxygen atoms in total. The zero-order valence-electron chi connectivity index (χ0n) is 12.6. The van der Waals surface area contributed by atoms with E-state index < -0.39 is 0 Å². The summed E-state index contributed by atoms with van der Waals surface area (Å²) in [6.07, 6.45) is 0. The van der Waals surface area contributed by atoms with E-state index in [0.717, 1.165) is 15.1 Å². The van der Waals surface area contributed by atoms with E-state index >= 15 is 0 Å². The maximum atomic E-state index is 12.2. The molecule has 2 aromatic rings. The van der Waals surface area contributed by atoms with Gasteiger partial charge in [0.1, 0.15) is 16.7 Å². The Balaban J connectivity index is 2.34. The number of amides is 1. The summed E-state index contributed by atoms with van der Waals surface area (Å²) in [7, 11) is 1.78. The molecule has 114 valence electrons. The van der Waals surface area contributed by atoms with Crippen molar-refractivity contribution in [2.75, 3.05) is 24.3 Å². The van der Waals surface area contributed by atoms with Crippen molar-refractivity contribution in [1.82, 2.24) is 14.9 Å². The van der Waals surface area contributed by atoms with Gasteiger partial charge >= 0.3 is 0 Å². The van der Waals surface area contributed by atoms with Crippen molar-refractivity contribution in [3.63, 3.8) is 0 Å². The van der Waals surface area contributed by atoms with Gasteiger partial charge in [-0.1, -0.05) is 0 Å². The summed E-state index contributed by atoms with van der Waals surface area (Å²) in [5, 5.41) is 4.06. The van der Waals surface area contributed by atoms with E-state index in [0.29, 0.717) is 18.3 Å². The van der Waals surface area contributed by atoms with Crippen molar-refractivity contribution in [2.24, 2.45) is 5.84 Å². The number of likely N-dealkylation sites (N-methyl/N-ethyl adjacent to an activating group) is 1. The van der Waals surface area contributed by atoms with Crippen molar-refractivity contribution in [3.8, 4) is 0 Å². The van der Waals surface area contributed by atoms with Crippen LogP contribution in [-0.4, -0.2) is 40.4 Å². The SMILES string of the molecule is CCN(C)C(=O)C(C)Nc1nc(NN)nc2sc(C)cc12. The van der Waals surface area contributed by atoms with E-state index in [1.54, 1.807) is 23.3 Å². The summed E-state index contributed by atoms with van der Waals surface area (Å²) in [6, 6.07) is 1.63. The van der Waals surface area contributed by atoms with Crippen LogP contribution in [0.25, 0.3) is 10.2 Å². The number of nitrogens with two attached hydrogens (primary N) is 1. The summed E-state index contributed by atoms with van der Waals surface area (Å²) in [6.45, 7) is 6.42. The number of hydrazine groups is 1. The molecule has 2 heterocycles. The van der Waals surface area contributed by atoms with Crippen molar-refractivity contribution in [3.05, 3.63) is 10.9 Å². The Morgan fingerprint density at radius 2 is 2.24 bits per heavy atom. The maximum absolute atomic E-state index is 12.2. The van der Waals surface area contributed by atoms with Crippen molar-refractivity contribution in [2.45, 2.75) is 26.8 Å². The molecule has 0 saturated heterocycles. The van der Waals surface area contributed by atoms with Gasteiger partial charge in [-0.2, -0.15) is 4.98 Å². The van der Waals surface area contributed by atoms with Gasteiger partial charge in [-0.3, -0.25) is 10.2 Å². The average molecular weight is 308 g/mol. The Labute approximate surface area is 127 Å². The van der Waals surface area contributed by atoms with Gasteiger partial charge in [0.25, 0.3) is 0 Å². The molecule has 2 aromatic heterocycles. The molecule has 0 saturated carbocycles. The minimum Gasteiger partial charge on any atom is -0.358 e. The number of fused-ring (bicyclic) bond motifs is 1. The highest BCUT2D eigenvalue weighted by Crippen LogP contribution is 2.29. The molecule has 8 heteroatoms. The zero-order chi connectivity index (χ0) is 15.6. The second kappa shape index (κ2) is 6.23. The summed E-state index contributed by atoms with van der Waals surface area (Å²) in [4.78, 5) is 24.4. The lowest BCUT2D eigenvalue weighted by Crippen LogP contribution is -2.39. The highest BCUT2D eigenvalue weighted by molar-refractivity contribution is 7.18. The van der Waals surface area contributed by atoms with E-state index in [9.17, 15) is 4.79 Å². The highest BCUT2D eigenvalue weighted by atomic mass is 32.1. The molecule has 1 atom stereocenters. The Morgan fingerprint density at radius 3 is 2.86 bits per heavy atom. The number of hydrogen-bond acceptors (Lipinski definition) is 7. The monoisotopic (exact) mass is 308 g/mol. The first-order valence-electron chi connectivity index (χ1n) is 6.72. The predicted octanol–water partition coefficient (Wildman–Crippen LogP) is 1.56. The molecule has 0 aliphatic heterocycles. The first-order chi connectivity index (χ1) is 9.96. The quantitative estimate of drug-likeness (QED) is 0.573. The van der Waals surface area contributed by atoms with Crippen LogP contribution < -0.4 is 16.6 Å². The van der Waals surface area contributed by atoms with Gasteiger partial charge in [0.05, 0.1) is 5.39 Å². The first kappa shape index (κ1) is 15.5. The molecule has 1 amide bonds. The molecular weight excluding hydrogens is 288 g/mol. The fourth-order valence-electron chi connectivity index (χ4n) is 1.97. The van der Waals surface area contributed by atoms with Gasteiger partial charge in [-0.25, -0.2) is 10.8 Å². The second-order valence-electron chi connectivity index (χ2n) is 4.83. The van der Waals surface area contributed by atoms with Gasteiger partial charge in [0.2, 0.25) is 11.9 Å². The van der Waals surface area contributed by atoms with Crippen molar-refractivity contribution < 1.29 is 4.79 Å². The topological polar surface area (TPSA) is 96.2 Å². The summed E-state index contributed by atoms with van der Waals surface area (Å²) in [5.41, 5.74) is 2.45. The second-order valence-corrected chi connectivity index (χ2v) is 6.07. The molecule has 0 fully saturated rings. The number of thiophene rings is 1. The molecule has 0 aromatic carbocycles. The van der Waals surface area contributed by atoms with Gasteiger partial charge in [-0.05, 0) is 26.8 Å². The molecule has 4 N–H and O–H groups in total. The van der Waals surface area contributed by atoms with Crippen LogP contribution in [0.2, 0.25) is 0 Å². The fraction of sp³-hybridized carbons (Fsp3) is 0.462. The van der Waals surface area contributed by atoms with Gasteiger partial charge in [-0.15, -0.1) is 11.3 Å². The number of aromatic nitrogens is 2. The van der Waals surface area contributed by atoms with Gasteiger partial charge in [0.15, 0.2) is 0 Å². The van der Waals surface area contributed by atoms with Crippen LogP contribution in [-0.2, 0) is 4.79 Å². The minimum absolute atomic E-state index is 0.0125. The molecule has 0 spiro atoms. The minimum atomic E-state index is -0.376. The molecule has 0 radical (unpaired) electrons. The van der Waals surface area contributed by atoms with Crippen LogP contribution in [0.4, 0.5) is 11.8 Å². The van der Waals surface area contributed by atoms with Crippen LogP contribution in [0, 0.1) is 6.92 Å². The Kier molecular flexibility index (Phi) is 4.59. The molecule has 0 aliphatic rings. The number of nitrogen functional groups attached to an aromatic ring is 1. The summed E-state index contributed by atoms with van der Waals surface area (Å²) < 4.78 is 0. The molecule has 2 rings (SSSR count). The van der Waals surface area contributed by atoms with Crippen molar-refractivity contribution in [1.29, 1.82) is 0 Å². The molecule has 0 aliphatic carbocycles. The number of carbonyl (C=O) groups is 1. The van der Waals surface area contributed by atoms with Gasteiger partial charge in [0, 0.05) is 18.5 Å². The number of hydrogen-bond donors (Lipinski definition) is 3. The third-order valence-electron chi connectivity index (χ3n) is 3.22. The maximum Gasteiger partial charge on any atom is 0.244 e. The number of anilines is 2. The lowest BCUT2D eigenvalue weighted by atomic mass is 10.2. The number of rotatable bonds is 5. The third-order valence-corrected chi connectivity index (χ3v) is 4.16. The van der Waals surface area contributed by atoms with Crippen molar-refractivity contribution >= 4 is 39.2 Å². The lowest BCUT2D eigenvalue weighted by Gasteiger charge is -2.21. The van der Waals surface area contributed by atoms with E-state index in [4.69, 9.17) is 5.84 Å². The van der Waals surface area contributed by atoms with Gasteiger partial charge < -0.3 is 10.2 Å². The molecular formula is C13H20N6OS. The summed E-state index contributed by atoms with van der Waals surface area (Å²) >= 11 is 1.56. The Morgan fingerprint density at radius 1 is 1.52 bits per heavy atom. The highest BCUT2D eigenvalue weighted by Gasteiger charge is 2.19. The Hall–Kier alpha value is -1.93. The Bertz CT molecular complexity index is 655. The fourth-order valence-corrected chi connectivity index (χ4v) is 2.85. The average Bonchev–Trinajstić information content (AvgIpc) is 2.85. The van der Waals surface area contributed by atoms with E-state index in [1.807, 2.05) is 26.8 Å². The number of aryl methyl sites for hydroxylation is 1. The molecule has 0 bridgehead atoms. The van der Waals surface area contributed by atoms with Crippen LogP contribution in [0.5, 0.6) is 0 Å². The zero-order valence-corrected chi connectivity index (χ0v) is 13.4. The summed E-state index contributed by atoms with van der Waals surface area (Å²) in [5.74, 6) is 6.36. The lowest BCUT2D eigenvalue weighted by molar-refractivity contribution is -0.130. The number of carbonyl (C=O) groups excluding carboxylic acids is 1. The normalized spacial score (nSPS) is 12.2. The standard InChI is InChI=1S/C13H20N6OS/c1-5-19(4)12(20)8(3)15-10-9-6-7(2)21-11(9)17-13(16-10)18-14/h6,8H,5,14H2,1-4H3,(H2,15,16,17,18). The van der Waals surface area contributed by atoms with E-state index in [2.05, 4.69) is 20.7 Å². The van der Waals surface area contributed by atoms with Crippen LogP contribution in [0.1, 0.15) is 18.7 Å². The smallest absolute Gasteiger partial charge is 0.244 e. The van der Waals surface area contributed by atoms with E-state index in [1.165, 1.54) is 0 Å². The number of nitrogens with zero attached hydrogens (tertiary/aromatic N) is 3. The molecule has 1 unspecified atom stereocenters. The van der Waals surface area contributed by atoms with E-state index in [-0.39, 0.29) is 11.9 Å². The van der Waals surface area contributed by atoms with Crippen LogP contribution >= 0.6 is 11.3 Å². The van der Waals surface area contributed by atoms with Crippen LogP contribution in [0.15, 0.2) is 6.07 Å². The molecule has 21 heavy (non-hydrogen) atoms. The number of nitrogens with one attached hydrogen (secondary N) is 2. The first-order valence-corrected chi connectivity index (χ1v) is 7.54. The van der Waals surface area contributed by atoms with Crippen LogP contribution in [0.3, 0.4) is 0 Å².